The lowest BCUT2D eigenvalue weighted by molar-refractivity contribution is 0.268. The van der Waals surface area contributed by atoms with Crippen LogP contribution < -0.4 is 5.56 Å². The third kappa shape index (κ3) is 2.66. The number of hydrogen-bond acceptors (Lipinski definition) is 4. The maximum absolute atomic E-state index is 12.1. The molecular formula is C19H23N5O. The molecule has 2 heterocycles. The van der Waals surface area contributed by atoms with E-state index in [2.05, 4.69) is 71.2 Å². The number of rotatable bonds is 5. The number of fused-ring (bicyclic) bond motifs is 1. The van der Waals surface area contributed by atoms with Crippen LogP contribution in [-0.4, -0.2) is 38.1 Å². The zero-order valence-electron chi connectivity index (χ0n) is 14.9. The summed E-state index contributed by atoms with van der Waals surface area (Å²) in [6.45, 7) is 6.22. The number of likely N-dealkylation sites (N-methyl/N-ethyl adjacent to an activating group) is 1. The lowest BCUT2D eigenvalue weighted by Gasteiger charge is -2.27. The van der Waals surface area contributed by atoms with Crippen LogP contribution in [0.5, 0.6) is 0 Å². The van der Waals surface area contributed by atoms with Gasteiger partial charge in [-0.3, -0.25) is 14.8 Å². The summed E-state index contributed by atoms with van der Waals surface area (Å²) in [4.78, 5) is 22.9. The van der Waals surface area contributed by atoms with Gasteiger partial charge in [-0.1, -0.05) is 44.2 Å². The van der Waals surface area contributed by atoms with Crippen LogP contribution in [0.4, 0.5) is 0 Å². The van der Waals surface area contributed by atoms with Crippen molar-refractivity contribution < 1.29 is 0 Å². The molecule has 0 radical (unpaired) electrons. The number of nitrogens with one attached hydrogen (secondary N) is 1. The molecule has 25 heavy (non-hydrogen) atoms. The molecule has 1 aliphatic rings. The van der Waals surface area contributed by atoms with Gasteiger partial charge in [0.1, 0.15) is 6.33 Å². The summed E-state index contributed by atoms with van der Waals surface area (Å²) in [5, 5.41) is 2.77. The standard InChI is InChI=1S/C19H23N5O/c1-18(2)11-19(18,14-7-5-4-6-8-14)12-23(3)10-15-9-16(25)24-17(22-15)20-13-21-24/h4-9,13H,10-12H2,1-3H3,(H,20,21,22). The second-order valence-electron chi connectivity index (χ2n) is 7.79. The first kappa shape index (κ1) is 16.0. The van der Waals surface area contributed by atoms with Gasteiger partial charge in [0.25, 0.3) is 11.3 Å². The fourth-order valence-electron chi connectivity index (χ4n) is 4.06. The molecule has 2 aromatic heterocycles. The SMILES string of the molecule is CN(Cc1cc(=O)n2[nH]cnc2n1)CC1(c2ccccc2)CC1(C)C. The molecule has 1 aliphatic carbocycles. The molecule has 0 amide bonds. The van der Waals surface area contributed by atoms with Crippen molar-refractivity contribution >= 4 is 5.78 Å². The summed E-state index contributed by atoms with van der Waals surface area (Å²) in [6.07, 6.45) is 2.65. The Morgan fingerprint density at radius 2 is 2.00 bits per heavy atom. The van der Waals surface area contributed by atoms with Crippen molar-refractivity contribution in [1.29, 1.82) is 0 Å². The molecule has 0 saturated heterocycles. The zero-order valence-corrected chi connectivity index (χ0v) is 14.9. The van der Waals surface area contributed by atoms with Crippen LogP contribution in [0.3, 0.4) is 0 Å². The molecule has 1 unspecified atom stereocenters. The molecule has 6 heteroatoms. The van der Waals surface area contributed by atoms with E-state index in [0.29, 0.717) is 12.3 Å². The van der Waals surface area contributed by atoms with E-state index in [0.717, 1.165) is 12.2 Å². The first-order valence-corrected chi connectivity index (χ1v) is 8.57. The quantitative estimate of drug-likeness (QED) is 0.775. The van der Waals surface area contributed by atoms with Gasteiger partial charge in [0, 0.05) is 24.6 Å². The molecule has 1 N–H and O–H groups in total. The molecule has 4 rings (SSSR count). The van der Waals surface area contributed by atoms with Gasteiger partial charge in [-0.05, 0) is 24.4 Å². The van der Waals surface area contributed by atoms with E-state index in [4.69, 9.17) is 0 Å². The predicted molar refractivity (Wildman–Crippen MR) is 96.5 cm³/mol. The highest BCUT2D eigenvalue weighted by Crippen LogP contribution is 2.64. The molecule has 1 saturated carbocycles. The summed E-state index contributed by atoms with van der Waals surface area (Å²) >= 11 is 0. The minimum atomic E-state index is -0.129. The molecule has 0 aliphatic heterocycles. The molecule has 1 atom stereocenters. The fourth-order valence-corrected chi connectivity index (χ4v) is 4.06. The maximum atomic E-state index is 12.1. The minimum absolute atomic E-state index is 0.129. The van der Waals surface area contributed by atoms with Crippen molar-refractivity contribution in [3.8, 4) is 0 Å². The van der Waals surface area contributed by atoms with Gasteiger partial charge in [-0.15, -0.1) is 0 Å². The Morgan fingerprint density at radius 3 is 2.68 bits per heavy atom. The summed E-state index contributed by atoms with van der Waals surface area (Å²) in [5.74, 6) is 0.417. The predicted octanol–water partition coefficient (Wildman–Crippen LogP) is 2.22. The Balaban J connectivity index is 1.56. The number of hydrogen-bond donors (Lipinski definition) is 1. The van der Waals surface area contributed by atoms with Crippen LogP contribution in [0.2, 0.25) is 0 Å². The lowest BCUT2D eigenvalue weighted by atomic mass is 9.87. The molecule has 0 spiro atoms. The summed E-state index contributed by atoms with van der Waals surface area (Å²) < 4.78 is 1.35. The maximum Gasteiger partial charge on any atom is 0.274 e. The highest BCUT2D eigenvalue weighted by atomic mass is 16.1. The molecule has 0 bridgehead atoms. The third-order valence-electron chi connectivity index (χ3n) is 5.53. The average Bonchev–Trinajstić information content (AvgIpc) is 2.92. The number of aromatic amines is 1. The van der Waals surface area contributed by atoms with E-state index in [-0.39, 0.29) is 16.4 Å². The van der Waals surface area contributed by atoms with Gasteiger partial charge in [0.2, 0.25) is 0 Å². The van der Waals surface area contributed by atoms with Crippen LogP contribution in [0.15, 0.2) is 47.5 Å². The topological polar surface area (TPSA) is 66.3 Å². The van der Waals surface area contributed by atoms with Gasteiger partial charge in [-0.25, -0.2) is 9.97 Å². The monoisotopic (exact) mass is 337 g/mol. The minimum Gasteiger partial charge on any atom is -0.300 e. The molecule has 130 valence electrons. The van der Waals surface area contributed by atoms with Gasteiger partial charge >= 0.3 is 0 Å². The second-order valence-corrected chi connectivity index (χ2v) is 7.79. The van der Waals surface area contributed by atoms with E-state index in [1.807, 2.05) is 0 Å². The Bertz CT molecular complexity index is 959. The molecule has 3 aromatic rings. The summed E-state index contributed by atoms with van der Waals surface area (Å²) in [6, 6.07) is 12.3. The second kappa shape index (κ2) is 5.52. The zero-order chi connectivity index (χ0) is 17.7. The molecule has 1 fully saturated rings. The van der Waals surface area contributed by atoms with Crippen LogP contribution in [0.1, 0.15) is 31.5 Å². The van der Waals surface area contributed by atoms with Gasteiger partial charge in [0.05, 0.1) is 5.69 Å². The third-order valence-corrected chi connectivity index (χ3v) is 5.53. The number of H-pyrrole nitrogens is 1. The molecular weight excluding hydrogens is 314 g/mol. The van der Waals surface area contributed by atoms with E-state index in [1.54, 1.807) is 6.07 Å². The van der Waals surface area contributed by atoms with Crippen molar-refractivity contribution in [3.63, 3.8) is 0 Å². The van der Waals surface area contributed by atoms with E-state index in [1.165, 1.54) is 22.8 Å². The Kier molecular flexibility index (Phi) is 3.54. The summed E-state index contributed by atoms with van der Waals surface area (Å²) in [5.41, 5.74) is 2.45. The molecule has 1 aromatic carbocycles. The van der Waals surface area contributed by atoms with Crippen LogP contribution in [-0.2, 0) is 12.0 Å². The number of aromatic nitrogens is 4. The van der Waals surface area contributed by atoms with E-state index >= 15 is 0 Å². The van der Waals surface area contributed by atoms with Crippen molar-refractivity contribution in [2.75, 3.05) is 13.6 Å². The van der Waals surface area contributed by atoms with Crippen LogP contribution >= 0.6 is 0 Å². The first-order valence-electron chi connectivity index (χ1n) is 8.57. The fraction of sp³-hybridized carbons (Fsp3) is 0.421. The Hall–Kier alpha value is -2.47. The van der Waals surface area contributed by atoms with Gasteiger partial charge in [0.15, 0.2) is 0 Å². The van der Waals surface area contributed by atoms with Gasteiger partial charge < -0.3 is 0 Å². The van der Waals surface area contributed by atoms with E-state index in [9.17, 15) is 4.79 Å². The van der Waals surface area contributed by atoms with E-state index < -0.39 is 0 Å². The lowest BCUT2D eigenvalue weighted by Crippen LogP contribution is -2.32. The van der Waals surface area contributed by atoms with Crippen molar-refractivity contribution in [2.45, 2.75) is 32.2 Å². The smallest absolute Gasteiger partial charge is 0.274 e. The van der Waals surface area contributed by atoms with Gasteiger partial charge in [-0.2, -0.15) is 4.52 Å². The Morgan fingerprint density at radius 1 is 1.28 bits per heavy atom. The van der Waals surface area contributed by atoms with Crippen LogP contribution in [0.25, 0.3) is 5.78 Å². The first-order chi connectivity index (χ1) is 11.9. The average molecular weight is 337 g/mol. The van der Waals surface area contributed by atoms with Crippen LogP contribution in [0, 0.1) is 5.41 Å². The molecule has 6 nitrogen and oxygen atoms in total. The Labute approximate surface area is 146 Å². The highest BCUT2D eigenvalue weighted by molar-refractivity contribution is 5.37. The van der Waals surface area contributed by atoms with Crippen molar-refractivity contribution in [3.05, 3.63) is 64.3 Å². The number of benzene rings is 1. The number of nitrogens with zero attached hydrogens (tertiary/aromatic N) is 4. The normalized spacial score (nSPS) is 21.8. The highest BCUT2D eigenvalue weighted by Gasteiger charge is 2.61. The summed E-state index contributed by atoms with van der Waals surface area (Å²) in [7, 11) is 2.09. The largest absolute Gasteiger partial charge is 0.300 e. The van der Waals surface area contributed by atoms with Crippen molar-refractivity contribution in [1.82, 2.24) is 24.5 Å². The van der Waals surface area contributed by atoms with Crippen molar-refractivity contribution in [2.24, 2.45) is 5.41 Å².